The van der Waals surface area contributed by atoms with Gasteiger partial charge < -0.3 is 11.5 Å². The van der Waals surface area contributed by atoms with E-state index in [0.717, 1.165) is 12.0 Å². The largest absolute Gasteiger partial charge is 0.330 e. The minimum absolute atomic E-state index is 0.407. The lowest BCUT2D eigenvalue weighted by atomic mass is 10.1. The van der Waals surface area contributed by atoms with Gasteiger partial charge in [-0.05, 0) is 30.7 Å². The van der Waals surface area contributed by atoms with E-state index in [9.17, 15) is 0 Å². The molecule has 0 aliphatic carbocycles. The first-order valence-electron chi connectivity index (χ1n) is 4.34. The van der Waals surface area contributed by atoms with Gasteiger partial charge in [-0.2, -0.15) is 0 Å². The first kappa shape index (κ1) is 9.79. The van der Waals surface area contributed by atoms with Crippen molar-refractivity contribution in [1.29, 1.82) is 0 Å². The minimum atomic E-state index is 0.407. The van der Waals surface area contributed by atoms with Crippen molar-refractivity contribution >= 4 is 0 Å². The number of benzene rings is 1. The lowest BCUT2D eigenvalue weighted by molar-refractivity contribution is 0.968. The summed E-state index contributed by atoms with van der Waals surface area (Å²) in [6.07, 6.45) is 0.921. The summed E-state index contributed by atoms with van der Waals surface area (Å²) >= 11 is 0. The maximum atomic E-state index is 5.43. The molecule has 1 aromatic rings. The van der Waals surface area contributed by atoms with Crippen LogP contribution in [0.25, 0.3) is 0 Å². The van der Waals surface area contributed by atoms with E-state index in [4.69, 9.17) is 11.5 Å². The van der Waals surface area contributed by atoms with Gasteiger partial charge in [0, 0.05) is 5.56 Å². The number of rotatable bonds is 2. The first-order valence-corrected chi connectivity index (χ1v) is 4.34. The number of hydrogen-bond donors (Lipinski definition) is 2. The molecule has 0 aliphatic heterocycles. The van der Waals surface area contributed by atoms with Crippen LogP contribution in [-0.2, 0) is 6.42 Å². The molecule has 2 nitrogen and oxygen atoms in total. The van der Waals surface area contributed by atoms with Crippen molar-refractivity contribution < 1.29 is 0 Å². The van der Waals surface area contributed by atoms with Crippen LogP contribution in [0.15, 0.2) is 24.3 Å². The molecule has 0 saturated carbocycles. The molecule has 0 bridgehead atoms. The molecule has 0 atom stereocenters. The highest BCUT2D eigenvalue weighted by atomic mass is 14.5. The average molecular weight is 174 g/mol. The Morgan fingerprint density at radius 2 is 1.77 bits per heavy atom. The SMILES string of the molecule is NCC#Cc1ccc(CCN)cc1. The van der Waals surface area contributed by atoms with Gasteiger partial charge in [0.2, 0.25) is 0 Å². The van der Waals surface area contributed by atoms with Crippen molar-refractivity contribution in [2.45, 2.75) is 6.42 Å². The van der Waals surface area contributed by atoms with Gasteiger partial charge >= 0.3 is 0 Å². The average Bonchev–Trinajstić information content (AvgIpc) is 2.17. The van der Waals surface area contributed by atoms with E-state index in [2.05, 4.69) is 11.8 Å². The highest BCUT2D eigenvalue weighted by Gasteiger charge is 1.90. The van der Waals surface area contributed by atoms with E-state index >= 15 is 0 Å². The van der Waals surface area contributed by atoms with Crippen molar-refractivity contribution in [1.82, 2.24) is 0 Å². The quantitative estimate of drug-likeness (QED) is 0.641. The molecule has 0 unspecified atom stereocenters. The summed E-state index contributed by atoms with van der Waals surface area (Å²) < 4.78 is 0. The van der Waals surface area contributed by atoms with E-state index in [1.165, 1.54) is 5.56 Å². The Labute approximate surface area is 78.9 Å². The summed E-state index contributed by atoms with van der Waals surface area (Å²) in [7, 11) is 0. The molecular weight excluding hydrogens is 160 g/mol. The second-order valence-electron chi connectivity index (χ2n) is 2.74. The Hall–Kier alpha value is -1.30. The lowest BCUT2D eigenvalue weighted by Crippen LogP contribution is -2.02. The molecule has 1 rings (SSSR count). The molecule has 0 heterocycles. The topological polar surface area (TPSA) is 52.0 Å². The van der Waals surface area contributed by atoms with Gasteiger partial charge in [0.25, 0.3) is 0 Å². The van der Waals surface area contributed by atoms with E-state index in [0.29, 0.717) is 13.1 Å². The Balaban J connectivity index is 2.69. The van der Waals surface area contributed by atoms with Gasteiger partial charge in [-0.25, -0.2) is 0 Å². The molecular formula is C11H14N2. The first-order chi connectivity index (χ1) is 6.36. The Morgan fingerprint density at radius 1 is 1.08 bits per heavy atom. The summed E-state index contributed by atoms with van der Waals surface area (Å²) in [5.74, 6) is 5.78. The fraction of sp³-hybridized carbons (Fsp3) is 0.273. The van der Waals surface area contributed by atoms with Crippen molar-refractivity contribution in [2.75, 3.05) is 13.1 Å². The molecule has 0 radical (unpaired) electrons. The van der Waals surface area contributed by atoms with E-state index in [1.807, 2.05) is 24.3 Å². The zero-order chi connectivity index (χ0) is 9.52. The summed E-state index contributed by atoms with van der Waals surface area (Å²) in [6.45, 7) is 1.10. The van der Waals surface area contributed by atoms with Crippen LogP contribution in [0.4, 0.5) is 0 Å². The lowest BCUT2D eigenvalue weighted by Gasteiger charge is -1.97. The fourth-order valence-electron chi connectivity index (χ4n) is 1.07. The Kier molecular flexibility index (Phi) is 4.04. The minimum Gasteiger partial charge on any atom is -0.330 e. The molecule has 0 saturated heterocycles. The molecule has 2 heteroatoms. The molecule has 0 amide bonds. The van der Waals surface area contributed by atoms with E-state index < -0.39 is 0 Å². The predicted molar refractivity (Wildman–Crippen MR) is 55.1 cm³/mol. The second kappa shape index (κ2) is 5.36. The van der Waals surface area contributed by atoms with Gasteiger partial charge in [0.15, 0.2) is 0 Å². The van der Waals surface area contributed by atoms with Crippen molar-refractivity contribution in [3.63, 3.8) is 0 Å². The maximum absolute atomic E-state index is 5.43. The molecule has 0 aliphatic rings. The number of hydrogen-bond acceptors (Lipinski definition) is 2. The third-order valence-corrected chi connectivity index (χ3v) is 1.72. The molecule has 13 heavy (non-hydrogen) atoms. The smallest absolute Gasteiger partial charge is 0.0555 e. The second-order valence-corrected chi connectivity index (χ2v) is 2.74. The maximum Gasteiger partial charge on any atom is 0.0555 e. The van der Waals surface area contributed by atoms with E-state index in [-0.39, 0.29) is 0 Å². The van der Waals surface area contributed by atoms with Crippen LogP contribution in [0.5, 0.6) is 0 Å². The van der Waals surface area contributed by atoms with Crippen LogP contribution in [0.1, 0.15) is 11.1 Å². The van der Waals surface area contributed by atoms with Crippen molar-refractivity contribution in [2.24, 2.45) is 11.5 Å². The van der Waals surface area contributed by atoms with Crippen molar-refractivity contribution in [3.05, 3.63) is 35.4 Å². The van der Waals surface area contributed by atoms with E-state index in [1.54, 1.807) is 0 Å². The monoisotopic (exact) mass is 174 g/mol. The van der Waals surface area contributed by atoms with Crippen LogP contribution in [0.2, 0.25) is 0 Å². The Bertz CT molecular complexity index is 303. The summed E-state index contributed by atoms with van der Waals surface area (Å²) in [5.41, 5.74) is 13.0. The van der Waals surface area contributed by atoms with Gasteiger partial charge in [0.1, 0.15) is 0 Å². The van der Waals surface area contributed by atoms with Gasteiger partial charge in [-0.15, -0.1) is 0 Å². The van der Waals surface area contributed by atoms with Gasteiger partial charge in [-0.1, -0.05) is 24.0 Å². The standard InChI is InChI=1S/C11H14N2/c12-8-1-2-10-3-5-11(6-4-10)7-9-13/h3-6H,7-9,12-13H2. The summed E-state index contributed by atoms with van der Waals surface area (Å²) in [4.78, 5) is 0. The third kappa shape index (κ3) is 3.29. The van der Waals surface area contributed by atoms with Crippen LogP contribution in [-0.4, -0.2) is 13.1 Å². The summed E-state index contributed by atoms with van der Waals surface area (Å²) in [6, 6.07) is 8.09. The number of nitrogens with two attached hydrogens (primary N) is 2. The summed E-state index contributed by atoms with van der Waals surface area (Å²) in [5, 5.41) is 0. The molecule has 4 N–H and O–H groups in total. The zero-order valence-electron chi connectivity index (χ0n) is 7.59. The molecule has 68 valence electrons. The molecule has 0 spiro atoms. The van der Waals surface area contributed by atoms with Gasteiger partial charge in [0.05, 0.1) is 6.54 Å². The fourth-order valence-corrected chi connectivity index (χ4v) is 1.07. The van der Waals surface area contributed by atoms with Crippen LogP contribution in [0, 0.1) is 11.8 Å². The van der Waals surface area contributed by atoms with Crippen LogP contribution < -0.4 is 11.5 Å². The molecule has 1 aromatic carbocycles. The van der Waals surface area contributed by atoms with Crippen LogP contribution in [0.3, 0.4) is 0 Å². The molecule has 0 aromatic heterocycles. The third-order valence-electron chi connectivity index (χ3n) is 1.72. The molecule has 0 fully saturated rings. The van der Waals surface area contributed by atoms with Gasteiger partial charge in [-0.3, -0.25) is 0 Å². The normalized spacial score (nSPS) is 9.08. The highest BCUT2D eigenvalue weighted by Crippen LogP contribution is 2.03. The predicted octanol–water partition coefficient (Wildman–Crippen LogP) is 0.498. The Morgan fingerprint density at radius 3 is 2.31 bits per heavy atom. The highest BCUT2D eigenvalue weighted by molar-refractivity contribution is 5.36. The zero-order valence-corrected chi connectivity index (χ0v) is 7.59. The van der Waals surface area contributed by atoms with Crippen LogP contribution >= 0.6 is 0 Å². The van der Waals surface area contributed by atoms with Crippen molar-refractivity contribution in [3.8, 4) is 11.8 Å².